The third kappa shape index (κ3) is 8.95. The van der Waals surface area contributed by atoms with Crippen LogP contribution in [-0.4, -0.2) is 46.0 Å². The van der Waals surface area contributed by atoms with Gasteiger partial charge in [-0.15, -0.1) is 24.0 Å². The van der Waals surface area contributed by atoms with E-state index in [4.69, 9.17) is 14.2 Å². The van der Waals surface area contributed by atoms with Crippen LogP contribution in [0.25, 0.3) is 0 Å². The lowest BCUT2D eigenvalue weighted by atomic mass is 10.1. The van der Waals surface area contributed by atoms with Gasteiger partial charge in [-0.1, -0.05) is 30.3 Å². The van der Waals surface area contributed by atoms with E-state index in [2.05, 4.69) is 40.7 Å². The monoisotopic (exact) mass is 539 g/mol. The van der Waals surface area contributed by atoms with Crippen LogP contribution < -0.4 is 20.1 Å². The quantitative estimate of drug-likeness (QED) is 0.206. The highest BCUT2D eigenvalue weighted by molar-refractivity contribution is 14.0. The first-order valence-electron chi connectivity index (χ1n) is 10.7. The van der Waals surface area contributed by atoms with Crippen LogP contribution in [0.1, 0.15) is 24.0 Å². The molecule has 1 unspecified atom stereocenters. The van der Waals surface area contributed by atoms with Crippen molar-refractivity contribution < 1.29 is 14.2 Å². The van der Waals surface area contributed by atoms with Crippen molar-refractivity contribution in [3.8, 4) is 11.5 Å². The van der Waals surface area contributed by atoms with Gasteiger partial charge < -0.3 is 24.8 Å². The summed E-state index contributed by atoms with van der Waals surface area (Å²) in [5.41, 5.74) is 2.31. The average Bonchev–Trinajstić information content (AvgIpc) is 3.29. The predicted molar refractivity (Wildman–Crippen MR) is 136 cm³/mol. The molecular weight excluding hydrogens is 505 g/mol. The van der Waals surface area contributed by atoms with Crippen LogP contribution in [0.3, 0.4) is 0 Å². The lowest BCUT2D eigenvalue weighted by molar-refractivity contribution is 0.166. The Morgan fingerprint density at radius 2 is 1.97 bits per heavy atom. The lowest BCUT2D eigenvalue weighted by Gasteiger charge is -2.17. The van der Waals surface area contributed by atoms with Crippen molar-refractivity contribution in [1.29, 1.82) is 0 Å². The van der Waals surface area contributed by atoms with E-state index in [9.17, 15) is 0 Å². The predicted octanol–water partition coefficient (Wildman–Crippen LogP) is 4.16. The summed E-state index contributed by atoms with van der Waals surface area (Å²) in [5.74, 6) is 3.08. The van der Waals surface area contributed by atoms with E-state index in [0.29, 0.717) is 25.7 Å². The van der Waals surface area contributed by atoms with Crippen LogP contribution in [0.5, 0.6) is 11.5 Å². The summed E-state index contributed by atoms with van der Waals surface area (Å²) < 4.78 is 17.3. The molecule has 1 aliphatic rings. The van der Waals surface area contributed by atoms with E-state index in [1.54, 1.807) is 7.05 Å². The topological polar surface area (TPSA) is 64.1 Å². The Hall–Kier alpha value is -2.00. The number of rotatable bonds is 10. The Balaban J connectivity index is 0.00000341. The maximum absolute atomic E-state index is 6.13. The molecule has 1 saturated heterocycles. The van der Waals surface area contributed by atoms with Crippen molar-refractivity contribution in [1.82, 2.24) is 10.6 Å². The number of ether oxygens (including phenoxy) is 3. The molecular formula is C24H34IN3O3. The molecule has 31 heavy (non-hydrogen) atoms. The summed E-state index contributed by atoms with van der Waals surface area (Å²) in [6.45, 7) is 6.52. The summed E-state index contributed by atoms with van der Waals surface area (Å²) >= 11 is 0. The number of nitrogens with zero attached hydrogens (tertiary/aromatic N) is 1. The molecule has 0 amide bonds. The van der Waals surface area contributed by atoms with Crippen molar-refractivity contribution in [3.63, 3.8) is 0 Å². The summed E-state index contributed by atoms with van der Waals surface area (Å²) in [7, 11) is 1.78. The summed E-state index contributed by atoms with van der Waals surface area (Å²) in [4.78, 5) is 4.31. The van der Waals surface area contributed by atoms with Gasteiger partial charge in [0.1, 0.15) is 11.5 Å². The molecule has 0 radical (unpaired) electrons. The number of halogens is 1. The van der Waals surface area contributed by atoms with Crippen LogP contribution >= 0.6 is 24.0 Å². The number of hydrogen-bond donors (Lipinski definition) is 2. The van der Waals surface area contributed by atoms with E-state index in [0.717, 1.165) is 55.6 Å². The van der Waals surface area contributed by atoms with Crippen molar-refractivity contribution in [2.24, 2.45) is 10.9 Å². The molecule has 170 valence electrons. The second-order valence-electron chi connectivity index (χ2n) is 7.52. The molecule has 1 atom stereocenters. The first-order valence-corrected chi connectivity index (χ1v) is 10.7. The number of aliphatic imine (C=N–C) groups is 1. The maximum Gasteiger partial charge on any atom is 0.191 e. The maximum atomic E-state index is 6.13. The second kappa shape index (κ2) is 14.1. The molecule has 0 aliphatic carbocycles. The number of guanidine groups is 1. The minimum Gasteiger partial charge on any atom is -0.494 e. The molecule has 0 aromatic heterocycles. The van der Waals surface area contributed by atoms with E-state index in [-0.39, 0.29) is 24.0 Å². The van der Waals surface area contributed by atoms with E-state index in [1.165, 1.54) is 5.56 Å². The second-order valence-corrected chi connectivity index (χ2v) is 7.52. The molecule has 7 heteroatoms. The summed E-state index contributed by atoms with van der Waals surface area (Å²) in [6.07, 6.45) is 1.96. The number of hydrogen-bond acceptors (Lipinski definition) is 4. The van der Waals surface area contributed by atoms with Gasteiger partial charge in [0.2, 0.25) is 0 Å². The lowest BCUT2D eigenvalue weighted by Crippen LogP contribution is -2.37. The molecule has 1 aliphatic heterocycles. The van der Waals surface area contributed by atoms with Gasteiger partial charge in [0, 0.05) is 38.2 Å². The zero-order chi connectivity index (χ0) is 21.0. The molecule has 0 bridgehead atoms. The largest absolute Gasteiger partial charge is 0.494 e. The fourth-order valence-electron chi connectivity index (χ4n) is 3.25. The zero-order valence-corrected chi connectivity index (χ0v) is 20.8. The molecule has 0 spiro atoms. The van der Waals surface area contributed by atoms with Gasteiger partial charge >= 0.3 is 0 Å². The van der Waals surface area contributed by atoms with E-state index in [1.807, 2.05) is 30.3 Å². The highest BCUT2D eigenvalue weighted by Gasteiger charge is 2.17. The van der Waals surface area contributed by atoms with E-state index < -0.39 is 0 Å². The Morgan fingerprint density at radius 3 is 2.71 bits per heavy atom. The third-order valence-corrected chi connectivity index (χ3v) is 5.02. The molecule has 2 aromatic rings. The SMILES string of the molecule is CN=C(NCCCOc1ccccc1)NCc1ccc(C)cc1OCC1CCOC1.I. The van der Waals surface area contributed by atoms with Gasteiger partial charge in [0.25, 0.3) is 0 Å². The third-order valence-electron chi connectivity index (χ3n) is 5.02. The van der Waals surface area contributed by atoms with Crippen LogP contribution in [0.4, 0.5) is 0 Å². The average molecular weight is 539 g/mol. The first-order chi connectivity index (χ1) is 14.7. The van der Waals surface area contributed by atoms with Gasteiger partial charge in [-0.3, -0.25) is 4.99 Å². The highest BCUT2D eigenvalue weighted by atomic mass is 127. The van der Waals surface area contributed by atoms with Crippen LogP contribution in [0, 0.1) is 12.8 Å². The standard InChI is InChI=1S/C24H33N3O3.HI/c1-19-9-10-21(23(15-19)30-18-20-11-14-28-17-20)16-27-24(25-2)26-12-6-13-29-22-7-4-3-5-8-22;/h3-5,7-10,15,20H,6,11-14,16-18H2,1-2H3,(H2,25,26,27);1H. The van der Waals surface area contributed by atoms with Crippen molar-refractivity contribution in [2.75, 3.05) is 40.0 Å². The molecule has 1 fully saturated rings. The molecule has 3 rings (SSSR count). The summed E-state index contributed by atoms with van der Waals surface area (Å²) in [6, 6.07) is 16.2. The van der Waals surface area contributed by atoms with Crippen LogP contribution in [0.2, 0.25) is 0 Å². The fourth-order valence-corrected chi connectivity index (χ4v) is 3.25. The van der Waals surface area contributed by atoms with Gasteiger partial charge in [0.05, 0.1) is 19.8 Å². The first kappa shape index (κ1) is 25.3. The Kier molecular flexibility index (Phi) is 11.5. The van der Waals surface area contributed by atoms with E-state index >= 15 is 0 Å². The Morgan fingerprint density at radius 1 is 1.13 bits per heavy atom. The minimum absolute atomic E-state index is 0. The van der Waals surface area contributed by atoms with Gasteiger partial charge in [-0.05, 0) is 43.5 Å². The normalized spacial score (nSPS) is 15.8. The molecule has 0 saturated carbocycles. The molecule has 1 heterocycles. The van der Waals surface area contributed by atoms with Gasteiger partial charge in [-0.25, -0.2) is 0 Å². The van der Waals surface area contributed by atoms with Crippen molar-refractivity contribution in [2.45, 2.75) is 26.3 Å². The van der Waals surface area contributed by atoms with Crippen molar-refractivity contribution >= 4 is 29.9 Å². The van der Waals surface area contributed by atoms with Gasteiger partial charge in [0.15, 0.2) is 5.96 Å². The zero-order valence-electron chi connectivity index (χ0n) is 18.4. The number of para-hydroxylation sites is 1. The van der Waals surface area contributed by atoms with Crippen LogP contribution in [0.15, 0.2) is 53.5 Å². The molecule has 2 aromatic carbocycles. The van der Waals surface area contributed by atoms with Crippen molar-refractivity contribution in [3.05, 3.63) is 59.7 Å². The Labute approximate surface area is 202 Å². The summed E-state index contributed by atoms with van der Waals surface area (Å²) in [5, 5.41) is 6.71. The fraction of sp³-hybridized carbons (Fsp3) is 0.458. The number of nitrogens with one attached hydrogen (secondary N) is 2. The molecule has 6 nitrogen and oxygen atoms in total. The number of aryl methyl sites for hydroxylation is 1. The smallest absolute Gasteiger partial charge is 0.191 e. The van der Waals surface area contributed by atoms with Gasteiger partial charge in [-0.2, -0.15) is 0 Å². The number of benzene rings is 2. The Bertz CT molecular complexity index is 796. The van der Waals surface area contributed by atoms with Crippen LogP contribution in [-0.2, 0) is 11.3 Å². The minimum atomic E-state index is 0. The molecule has 2 N–H and O–H groups in total. The highest BCUT2D eigenvalue weighted by Crippen LogP contribution is 2.22.